The van der Waals surface area contributed by atoms with Gasteiger partial charge in [-0.15, -0.1) is 0 Å². The highest BCUT2D eigenvalue weighted by Crippen LogP contribution is 2.38. The molecule has 2 heterocycles. The van der Waals surface area contributed by atoms with Gasteiger partial charge in [0.1, 0.15) is 19.0 Å². The molecule has 8 heteroatoms. The van der Waals surface area contributed by atoms with Crippen molar-refractivity contribution in [3.05, 3.63) is 35.3 Å². The minimum Gasteiger partial charge on any atom is -0.502 e. The van der Waals surface area contributed by atoms with E-state index in [1.807, 2.05) is 20.8 Å². The van der Waals surface area contributed by atoms with Gasteiger partial charge >= 0.3 is 0 Å². The molecule has 0 spiro atoms. The number of nitrogens with zero attached hydrogens (tertiary/aromatic N) is 2. The number of pyridine rings is 1. The van der Waals surface area contributed by atoms with Gasteiger partial charge < -0.3 is 19.5 Å². The molecule has 0 bridgehead atoms. The molecular weight excluding hydrogens is 413 g/mol. The number of halogens is 1. The number of nitrogens with one attached hydrogen (secondary N) is 1. The van der Waals surface area contributed by atoms with E-state index in [0.29, 0.717) is 40.1 Å². The number of carbonyl (C=O) groups is 1. The summed E-state index contributed by atoms with van der Waals surface area (Å²) >= 11 is 0. The van der Waals surface area contributed by atoms with Gasteiger partial charge in [-0.1, -0.05) is 18.8 Å². The molecule has 1 amide bonds. The Morgan fingerprint density at radius 1 is 1.34 bits per heavy atom. The number of hydrogen-bond donors (Lipinski definition) is 1. The van der Waals surface area contributed by atoms with E-state index in [1.165, 1.54) is 0 Å². The Hall–Kier alpha value is -3.36. The minimum atomic E-state index is -1.54. The molecule has 1 aromatic heterocycles. The number of rotatable bonds is 7. The van der Waals surface area contributed by atoms with Crippen LogP contribution < -0.4 is 14.8 Å². The zero-order valence-corrected chi connectivity index (χ0v) is 18.6. The summed E-state index contributed by atoms with van der Waals surface area (Å²) in [6.45, 7) is 13.5. The second kappa shape index (κ2) is 10.3. The van der Waals surface area contributed by atoms with Crippen molar-refractivity contribution in [1.82, 2.24) is 10.3 Å². The molecule has 1 aliphatic heterocycles. The van der Waals surface area contributed by atoms with Gasteiger partial charge in [-0.2, -0.15) is 0 Å². The van der Waals surface area contributed by atoms with Gasteiger partial charge in [-0.05, 0) is 37.8 Å². The number of fused-ring (bicyclic) bond motifs is 1. The maximum atomic E-state index is 14.1. The molecular formula is C24H26FN3O4. The molecule has 2 aromatic rings. The smallest absolute Gasteiger partial charge is 0.255 e. The second-order valence-corrected chi connectivity index (χ2v) is 7.76. The first-order chi connectivity index (χ1) is 15.4. The molecule has 1 saturated heterocycles. The van der Waals surface area contributed by atoms with Gasteiger partial charge in [-0.3, -0.25) is 4.79 Å². The Morgan fingerprint density at radius 2 is 2.12 bits per heavy atom. The maximum Gasteiger partial charge on any atom is 0.255 e. The number of ether oxygens (including phenoxy) is 3. The summed E-state index contributed by atoms with van der Waals surface area (Å²) < 4.78 is 30.9. The van der Waals surface area contributed by atoms with Crippen LogP contribution in [0.3, 0.4) is 0 Å². The molecule has 3 rings (SSSR count). The first-order valence-corrected chi connectivity index (χ1v) is 10.5. The number of amides is 1. The van der Waals surface area contributed by atoms with E-state index in [-0.39, 0.29) is 19.3 Å². The van der Waals surface area contributed by atoms with Gasteiger partial charge in [0.25, 0.3) is 5.91 Å². The van der Waals surface area contributed by atoms with E-state index in [4.69, 9.17) is 20.8 Å². The standard InChI is InChI=1S/C24H26FN3O4/c1-6-16-20(28-23(29)22(16)25)13-31-24-18-11-21(32-14(2)3)19(26-4)10-17(18)15(12-27-24)8-7-9-30-5/h10-12,14,16,20,22H,6,9,13H2,1-3,5H3,(H,28,29)/t16-,20+,22-/m0/s1. The van der Waals surface area contributed by atoms with E-state index in [9.17, 15) is 9.18 Å². The molecule has 0 unspecified atom stereocenters. The van der Waals surface area contributed by atoms with Crippen LogP contribution in [0.25, 0.3) is 15.6 Å². The van der Waals surface area contributed by atoms with Crippen molar-refractivity contribution in [1.29, 1.82) is 0 Å². The van der Waals surface area contributed by atoms with Crippen LogP contribution in [-0.2, 0) is 9.53 Å². The predicted octanol–water partition coefficient (Wildman–Crippen LogP) is 3.81. The van der Waals surface area contributed by atoms with Crippen molar-refractivity contribution >= 4 is 22.4 Å². The van der Waals surface area contributed by atoms with E-state index in [2.05, 4.69) is 27.0 Å². The number of hydrogen-bond acceptors (Lipinski definition) is 5. The molecule has 32 heavy (non-hydrogen) atoms. The Kier molecular flexibility index (Phi) is 7.50. The lowest BCUT2D eigenvalue weighted by Crippen LogP contribution is -2.34. The highest BCUT2D eigenvalue weighted by Gasteiger charge is 2.41. The summed E-state index contributed by atoms with van der Waals surface area (Å²) in [5.41, 5.74) is 0.974. The van der Waals surface area contributed by atoms with Crippen LogP contribution >= 0.6 is 0 Å². The number of aromatic nitrogens is 1. The lowest BCUT2D eigenvalue weighted by Gasteiger charge is -2.19. The number of benzene rings is 1. The van der Waals surface area contributed by atoms with Crippen LogP contribution in [0.1, 0.15) is 32.8 Å². The van der Waals surface area contributed by atoms with Gasteiger partial charge in [0.05, 0.1) is 18.7 Å². The summed E-state index contributed by atoms with van der Waals surface area (Å²) in [6.07, 6.45) is 0.413. The zero-order chi connectivity index (χ0) is 23.3. The van der Waals surface area contributed by atoms with Crippen LogP contribution in [-0.4, -0.2) is 49.5 Å². The highest BCUT2D eigenvalue weighted by molar-refractivity contribution is 5.96. The van der Waals surface area contributed by atoms with Crippen LogP contribution in [0, 0.1) is 24.3 Å². The molecule has 0 radical (unpaired) electrons. The Labute approximate surface area is 187 Å². The normalized spacial score (nSPS) is 19.9. The SMILES string of the molecule is [C-]#[N+]c1cc2c(C#CCOC)cnc(OC[C@H]3NC(=O)[C@@H](F)[C@H]3CC)c2cc1OC(C)C. The first kappa shape index (κ1) is 23.3. The topological polar surface area (TPSA) is 74.0 Å². The number of alkyl halides is 1. The van der Waals surface area contributed by atoms with Crippen LogP contribution in [0.5, 0.6) is 11.6 Å². The van der Waals surface area contributed by atoms with Gasteiger partial charge in [0.2, 0.25) is 11.6 Å². The fourth-order valence-electron chi connectivity index (χ4n) is 3.68. The van der Waals surface area contributed by atoms with Crippen LogP contribution in [0.4, 0.5) is 10.1 Å². The zero-order valence-electron chi connectivity index (χ0n) is 18.6. The number of methoxy groups -OCH3 is 1. The first-order valence-electron chi connectivity index (χ1n) is 10.5. The van der Waals surface area contributed by atoms with E-state index in [1.54, 1.807) is 25.4 Å². The maximum absolute atomic E-state index is 14.1. The van der Waals surface area contributed by atoms with Gasteiger partial charge in [-0.25, -0.2) is 14.2 Å². The van der Waals surface area contributed by atoms with E-state index in [0.717, 1.165) is 0 Å². The van der Waals surface area contributed by atoms with Crippen molar-refractivity contribution in [2.75, 3.05) is 20.3 Å². The third kappa shape index (κ3) is 4.92. The minimum absolute atomic E-state index is 0.0758. The third-order valence-corrected chi connectivity index (χ3v) is 5.20. The Bertz CT molecular complexity index is 1100. The summed E-state index contributed by atoms with van der Waals surface area (Å²) in [5, 5.41) is 3.96. The summed E-state index contributed by atoms with van der Waals surface area (Å²) in [4.78, 5) is 19.7. The molecule has 0 saturated carbocycles. The Balaban J connectivity index is 2.02. The monoisotopic (exact) mass is 439 g/mol. The summed E-state index contributed by atoms with van der Waals surface area (Å²) in [6, 6.07) is 2.97. The molecule has 1 fully saturated rings. The van der Waals surface area contributed by atoms with Gasteiger partial charge in [0, 0.05) is 30.2 Å². The molecule has 168 valence electrons. The summed E-state index contributed by atoms with van der Waals surface area (Å²) in [5.74, 6) is 5.56. The lowest BCUT2D eigenvalue weighted by molar-refractivity contribution is -0.123. The molecule has 0 aliphatic carbocycles. The van der Waals surface area contributed by atoms with Crippen molar-refractivity contribution in [3.8, 4) is 23.5 Å². The quantitative estimate of drug-likeness (QED) is 0.525. The molecule has 1 N–H and O–H groups in total. The third-order valence-electron chi connectivity index (χ3n) is 5.20. The molecule has 1 aromatic carbocycles. The lowest BCUT2D eigenvalue weighted by atomic mass is 9.97. The predicted molar refractivity (Wildman–Crippen MR) is 119 cm³/mol. The highest BCUT2D eigenvalue weighted by atomic mass is 19.1. The van der Waals surface area contributed by atoms with Gasteiger partial charge in [0.15, 0.2) is 6.17 Å². The number of carbonyl (C=O) groups excluding carboxylic acids is 1. The molecule has 1 aliphatic rings. The average molecular weight is 439 g/mol. The van der Waals surface area contributed by atoms with Crippen molar-refractivity contribution in [2.24, 2.45) is 5.92 Å². The van der Waals surface area contributed by atoms with Crippen molar-refractivity contribution in [2.45, 2.75) is 45.5 Å². The van der Waals surface area contributed by atoms with Crippen LogP contribution in [0.15, 0.2) is 18.3 Å². The summed E-state index contributed by atoms with van der Waals surface area (Å²) in [7, 11) is 1.56. The Morgan fingerprint density at radius 3 is 2.78 bits per heavy atom. The molecule has 7 nitrogen and oxygen atoms in total. The second-order valence-electron chi connectivity index (χ2n) is 7.76. The fraction of sp³-hybridized carbons (Fsp3) is 0.458. The average Bonchev–Trinajstić information content (AvgIpc) is 3.04. The van der Waals surface area contributed by atoms with Crippen molar-refractivity contribution < 1.29 is 23.4 Å². The van der Waals surface area contributed by atoms with E-state index >= 15 is 0 Å². The largest absolute Gasteiger partial charge is 0.502 e. The van der Waals surface area contributed by atoms with Crippen LogP contribution in [0.2, 0.25) is 0 Å². The molecule has 3 atom stereocenters. The van der Waals surface area contributed by atoms with E-state index < -0.39 is 24.0 Å². The van der Waals surface area contributed by atoms with Crippen molar-refractivity contribution in [3.63, 3.8) is 0 Å². The fourth-order valence-corrected chi connectivity index (χ4v) is 3.68.